The van der Waals surface area contributed by atoms with Crippen molar-refractivity contribution in [1.82, 2.24) is 5.32 Å². The largest absolute Gasteiger partial charge is 0.309 e. The first-order valence-electron chi connectivity index (χ1n) is 7.74. The van der Waals surface area contributed by atoms with Gasteiger partial charge in [0.15, 0.2) is 0 Å². The third-order valence-electron chi connectivity index (χ3n) is 4.52. The summed E-state index contributed by atoms with van der Waals surface area (Å²) in [7, 11) is 2.04. The molecule has 0 saturated carbocycles. The van der Waals surface area contributed by atoms with E-state index in [-0.39, 0.29) is 6.04 Å². The second-order valence-electron chi connectivity index (χ2n) is 5.97. The van der Waals surface area contributed by atoms with Gasteiger partial charge in [0, 0.05) is 4.47 Å². The molecule has 110 valence electrons. The number of aryl methyl sites for hydroxylation is 3. The Kier molecular flexibility index (Phi) is 4.46. The molecule has 0 spiro atoms. The van der Waals surface area contributed by atoms with Crippen LogP contribution in [0.3, 0.4) is 0 Å². The summed E-state index contributed by atoms with van der Waals surface area (Å²) in [4.78, 5) is 0. The van der Waals surface area contributed by atoms with Crippen molar-refractivity contribution in [3.05, 3.63) is 68.7 Å². The molecule has 2 heteroatoms. The molecular weight excluding hydrogens is 322 g/mol. The van der Waals surface area contributed by atoms with E-state index < -0.39 is 0 Å². The lowest BCUT2D eigenvalue weighted by atomic mass is 9.88. The summed E-state index contributed by atoms with van der Waals surface area (Å²) in [5, 5.41) is 3.47. The van der Waals surface area contributed by atoms with Gasteiger partial charge in [-0.3, -0.25) is 0 Å². The zero-order chi connectivity index (χ0) is 14.8. The summed E-state index contributed by atoms with van der Waals surface area (Å²) in [5.74, 6) is 0. The fourth-order valence-electron chi connectivity index (χ4n) is 3.25. The SMILES string of the molecule is CNC(c1ccc(C)c(Br)c1)c1ccc2c(c1)CCCC2. The Morgan fingerprint density at radius 2 is 1.62 bits per heavy atom. The number of hydrogen-bond acceptors (Lipinski definition) is 1. The van der Waals surface area contributed by atoms with Crippen LogP contribution < -0.4 is 5.32 Å². The van der Waals surface area contributed by atoms with Crippen LogP contribution >= 0.6 is 15.9 Å². The highest BCUT2D eigenvalue weighted by Gasteiger charge is 2.16. The highest BCUT2D eigenvalue weighted by molar-refractivity contribution is 9.10. The standard InChI is InChI=1S/C19H22BrN/c1-13-7-8-17(12-18(13)20)19(21-2)16-10-9-14-5-3-4-6-15(14)11-16/h7-12,19,21H,3-6H2,1-2H3. The van der Waals surface area contributed by atoms with Crippen molar-refractivity contribution in [1.29, 1.82) is 0 Å². The number of benzene rings is 2. The number of nitrogens with one attached hydrogen (secondary N) is 1. The highest BCUT2D eigenvalue weighted by atomic mass is 79.9. The van der Waals surface area contributed by atoms with E-state index in [0.717, 1.165) is 0 Å². The predicted molar refractivity (Wildman–Crippen MR) is 92.9 cm³/mol. The van der Waals surface area contributed by atoms with E-state index in [1.54, 1.807) is 11.1 Å². The van der Waals surface area contributed by atoms with E-state index in [4.69, 9.17) is 0 Å². The maximum absolute atomic E-state index is 3.65. The Hall–Kier alpha value is -1.12. The zero-order valence-electron chi connectivity index (χ0n) is 12.7. The molecule has 0 bridgehead atoms. The van der Waals surface area contributed by atoms with E-state index in [2.05, 4.69) is 64.6 Å². The lowest BCUT2D eigenvalue weighted by Crippen LogP contribution is -2.18. The second-order valence-corrected chi connectivity index (χ2v) is 6.82. The second kappa shape index (κ2) is 6.33. The Balaban J connectivity index is 1.97. The number of fused-ring (bicyclic) bond motifs is 1. The van der Waals surface area contributed by atoms with Crippen molar-refractivity contribution in [2.75, 3.05) is 7.05 Å². The molecule has 1 unspecified atom stereocenters. The minimum atomic E-state index is 0.258. The maximum atomic E-state index is 3.65. The van der Waals surface area contributed by atoms with E-state index in [1.807, 2.05) is 7.05 Å². The fraction of sp³-hybridized carbons (Fsp3) is 0.368. The molecule has 2 aromatic rings. The predicted octanol–water partition coefficient (Wildman–Crippen LogP) is 4.95. The summed E-state index contributed by atoms with van der Waals surface area (Å²) in [5.41, 5.74) is 7.05. The average Bonchev–Trinajstić information content (AvgIpc) is 2.51. The van der Waals surface area contributed by atoms with Crippen LogP contribution in [0.25, 0.3) is 0 Å². The molecule has 0 aromatic heterocycles. The first-order chi connectivity index (χ1) is 10.2. The third-order valence-corrected chi connectivity index (χ3v) is 5.38. The maximum Gasteiger partial charge on any atom is 0.0574 e. The Labute approximate surface area is 135 Å². The van der Waals surface area contributed by atoms with Gasteiger partial charge in [-0.05, 0) is 73.5 Å². The molecule has 1 aliphatic rings. The van der Waals surface area contributed by atoms with E-state index in [1.165, 1.54) is 46.8 Å². The van der Waals surface area contributed by atoms with Crippen molar-refractivity contribution in [3.8, 4) is 0 Å². The minimum absolute atomic E-state index is 0.258. The normalized spacial score (nSPS) is 15.6. The van der Waals surface area contributed by atoms with E-state index in [0.29, 0.717) is 0 Å². The molecule has 2 aromatic carbocycles. The van der Waals surface area contributed by atoms with Gasteiger partial charge in [0.1, 0.15) is 0 Å². The van der Waals surface area contributed by atoms with Gasteiger partial charge < -0.3 is 5.32 Å². The number of rotatable bonds is 3. The van der Waals surface area contributed by atoms with Crippen LogP contribution in [0, 0.1) is 6.92 Å². The van der Waals surface area contributed by atoms with Gasteiger partial charge in [-0.25, -0.2) is 0 Å². The summed E-state index contributed by atoms with van der Waals surface area (Å²) in [6.07, 6.45) is 5.15. The summed E-state index contributed by atoms with van der Waals surface area (Å²) >= 11 is 3.65. The van der Waals surface area contributed by atoms with Crippen LogP contribution in [0.2, 0.25) is 0 Å². The van der Waals surface area contributed by atoms with Crippen LogP contribution in [-0.4, -0.2) is 7.05 Å². The minimum Gasteiger partial charge on any atom is -0.309 e. The van der Waals surface area contributed by atoms with Crippen LogP contribution in [0.4, 0.5) is 0 Å². The van der Waals surface area contributed by atoms with Crippen LogP contribution in [-0.2, 0) is 12.8 Å². The molecule has 1 nitrogen and oxygen atoms in total. The van der Waals surface area contributed by atoms with Gasteiger partial charge in [0.25, 0.3) is 0 Å². The number of hydrogen-bond donors (Lipinski definition) is 1. The molecule has 21 heavy (non-hydrogen) atoms. The topological polar surface area (TPSA) is 12.0 Å². The Bertz CT molecular complexity index is 648. The molecule has 3 rings (SSSR count). The molecule has 1 aliphatic carbocycles. The van der Waals surface area contributed by atoms with Crippen molar-refractivity contribution in [3.63, 3.8) is 0 Å². The zero-order valence-corrected chi connectivity index (χ0v) is 14.3. The van der Waals surface area contributed by atoms with E-state index >= 15 is 0 Å². The monoisotopic (exact) mass is 343 g/mol. The van der Waals surface area contributed by atoms with Gasteiger partial charge >= 0.3 is 0 Å². The summed E-state index contributed by atoms with van der Waals surface area (Å²) < 4.78 is 1.18. The Morgan fingerprint density at radius 3 is 2.33 bits per heavy atom. The fourth-order valence-corrected chi connectivity index (χ4v) is 3.64. The molecular formula is C19H22BrN. The van der Waals surface area contributed by atoms with Crippen molar-refractivity contribution >= 4 is 15.9 Å². The summed E-state index contributed by atoms with van der Waals surface area (Å²) in [6.45, 7) is 2.13. The average molecular weight is 344 g/mol. The van der Waals surface area contributed by atoms with Crippen molar-refractivity contribution in [2.24, 2.45) is 0 Å². The van der Waals surface area contributed by atoms with Crippen LogP contribution in [0.5, 0.6) is 0 Å². The van der Waals surface area contributed by atoms with Gasteiger partial charge in [-0.2, -0.15) is 0 Å². The third kappa shape index (κ3) is 3.07. The van der Waals surface area contributed by atoms with Crippen molar-refractivity contribution in [2.45, 2.75) is 38.6 Å². The molecule has 0 heterocycles. The molecule has 0 amide bonds. The quantitative estimate of drug-likeness (QED) is 0.831. The van der Waals surface area contributed by atoms with Crippen LogP contribution in [0.15, 0.2) is 40.9 Å². The Morgan fingerprint density at radius 1 is 0.952 bits per heavy atom. The van der Waals surface area contributed by atoms with Crippen LogP contribution in [0.1, 0.15) is 46.7 Å². The molecule has 1 atom stereocenters. The molecule has 0 aliphatic heterocycles. The molecule has 1 N–H and O–H groups in total. The first-order valence-corrected chi connectivity index (χ1v) is 8.53. The smallest absolute Gasteiger partial charge is 0.0574 e. The summed E-state index contributed by atoms with van der Waals surface area (Å²) in [6, 6.07) is 13.9. The number of halogens is 1. The van der Waals surface area contributed by atoms with Gasteiger partial charge in [-0.1, -0.05) is 46.3 Å². The first kappa shape index (κ1) is 14.8. The van der Waals surface area contributed by atoms with Gasteiger partial charge in [-0.15, -0.1) is 0 Å². The molecule has 0 saturated heterocycles. The molecule has 0 fully saturated rings. The van der Waals surface area contributed by atoms with Gasteiger partial charge in [0.2, 0.25) is 0 Å². The lowest BCUT2D eigenvalue weighted by molar-refractivity contribution is 0.667. The highest BCUT2D eigenvalue weighted by Crippen LogP contribution is 2.29. The molecule has 0 radical (unpaired) electrons. The lowest BCUT2D eigenvalue weighted by Gasteiger charge is -2.22. The van der Waals surface area contributed by atoms with Crippen molar-refractivity contribution < 1.29 is 0 Å². The van der Waals surface area contributed by atoms with E-state index in [9.17, 15) is 0 Å². The van der Waals surface area contributed by atoms with Gasteiger partial charge in [0.05, 0.1) is 6.04 Å².